The van der Waals surface area contributed by atoms with Gasteiger partial charge in [0.2, 0.25) is 5.16 Å². The van der Waals surface area contributed by atoms with Gasteiger partial charge in [-0.05, 0) is 77.6 Å². The largest absolute Gasteiger partial charge is 0.494 e. The number of aliphatic hydroxyl groups is 1. The van der Waals surface area contributed by atoms with E-state index in [1.54, 1.807) is 6.07 Å². The number of carbonyl (C=O) groups is 1. The molecule has 13 heteroatoms. The first kappa shape index (κ1) is 37.7. The summed E-state index contributed by atoms with van der Waals surface area (Å²) in [5.74, 6) is 0.0167. The maximum Gasteiger partial charge on any atom is 0.325 e. The van der Waals surface area contributed by atoms with Crippen LogP contribution in [0.25, 0.3) is 0 Å². The monoisotopic (exact) mass is 701 g/mol. The predicted molar refractivity (Wildman–Crippen MR) is 189 cm³/mol. The summed E-state index contributed by atoms with van der Waals surface area (Å²) in [6, 6.07) is 13.3. The molecule has 1 aliphatic heterocycles. The number of nitrogens with zero attached hydrogens (tertiary/aromatic N) is 5. The molecular formula is C35H51N5O6S2. The zero-order valence-electron chi connectivity index (χ0n) is 28.7. The number of rotatable bonds is 19. The smallest absolute Gasteiger partial charge is 0.325 e. The Balaban J connectivity index is 1.44. The molecule has 2 aromatic carbocycles. The fourth-order valence-corrected chi connectivity index (χ4v) is 9.67. The molecule has 0 radical (unpaired) electrons. The average molecular weight is 702 g/mol. The van der Waals surface area contributed by atoms with Gasteiger partial charge in [0.05, 0.1) is 23.4 Å². The number of ether oxygens (including phenoxy) is 1. The molecule has 0 bridgehead atoms. The molecule has 3 aromatic rings. The molecule has 0 aliphatic carbocycles. The van der Waals surface area contributed by atoms with Gasteiger partial charge in [-0.3, -0.25) is 4.79 Å². The second-order valence-corrected chi connectivity index (χ2v) is 16.1. The number of benzene rings is 2. The van der Waals surface area contributed by atoms with Gasteiger partial charge < -0.3 is 19.8 Å². The standard InChI is InChI=1S/C35H51N5O6S2/c1-5-7-19-35(20-8-6-2)25-48(44,45)30-18-15-27(39(3)4)23-29(30)32(33(35)43)26-13-16-28(17-14-26)46-21-11-9-10-12-22-47-34-36-37-38-40(34)24-31(41)42/h13-18,23,32-33,43H,5-12,19-22,24-25H2,1-4H3,(H,41,42)/t32-,33-/m1/s1. The van der Waals surface area contributed by atoms with E-state index >= 15 is 0 Å². The van der Waals surface area contributed by atoms with E-state index in [0.717, 1.165) is 74.1 Å². The summed E-state index contributed by atoms with van der Waals surface area (Å²) in [5.41, 5.74) is 1.70. The highest BCUT2D eigenvalue weighted by Gasteiger charge is 2.49. The molecule has 0 saturated carbocycles. The van der Waals surface area contributed by atoms with Crippen molar-refractivity contribution in [3.05, 3.63) is 53.6 Å². The minimum absolute atomic E-state index is 0.0462. The zero-order valence-corrected chi connectivity index (χ0v) is 30.3. The number of carboxylic acids is 1. The lowest BCUT2D eigenvalue weighted by Gasteiger charge is -2.40. The van der Waals surface area contributed by atoms with Gasteiger partial charge in [0.15, 0.2) is 9.84 Å². The van der Waals surface area contributed by atoms with Gasteiger partial charge in [-0.25, -0.2) is 13.1 Å². The molecule has 0 unspecified atom stereocenters. The Morgan fingerprint density at radius 2 is 1.71 bits per heavy atom. The lowest BCUT2D eigenvalue weighted by atomic mass is 9.68. The number of unbranched alkanes of at least 4 members (excludes halogenated alkanes) is 5. The van der Waals surface area contributed by atoms with Crippen molar-refractivity contribution in [1.29, 1.82) is 0 Å². The molecule has 2 heterocycles. The minimum Gasteiger partial charge on any atom is -0.494 e. The maximum atomic E-state index is 14.1. The zero-order chi connectivity index (χ0) is 34.7. The highest BCUT2D eigenvalue weighted by molar-refractivity contribution is 7.99. The summed E-state index contributed by atoms with van der Waals surface area (Å²) in [6.07, 6.45) is 7.90. The van der Waals surface area contributed by atoms with Gasteiger partial charge in [0, 0.05) is 36.9 Å². The summed E-state index contributed by atoms with van der Waals surface area (Å²) >= 11 is 1.45. The number of anilines is 1. The Morgan fingerprint density at radius 1 is 1.02 bits per heavy atom. The highest BCUT2D eigenvalue weighted by atomic mass is 32.2. The Bertz CT molecular complexity index is 1570. The van der Waals surface area contributed by atoms with Gasteiger partial charge in [0.25, 0.3) is 0 Å². The molecular weight excluding hydrogens is 651 g/mol. The van der Waals surface area contributed by atoms with Crippen LogP contribution in [0.5, 0.6) is 5.75 Å². The third kappa shape index (κ3) is 9.50. The van der Waals surface area contributed by atoms with Crippen LogP contribution >= 0.6 is 11.8 Å². The van der Waals surface area contributed by atoms with Crippen molar-refractivity contribution in [3.8, 4) is 5.75 Å². The number of tetrazole rings is 1. The molecule has 4 rings (SSSR count). The van der Waals surface area contributed by atoms with Crippen molar-refractivity contribution in [1.82, 2.24) is 20.2 Å². The van der Waals surface area contributed by atoms with Crippen LogP contribution in [0.15, 0.2) is 52.5 Å². The first-order valence-corrected chi connectivity index (χ1v) is 19.7. The van der Waals surface area contributed by atoms with Crippen molar-refractivity contribution in [3.63, 3.8) is 0 Å². The van der Waals surface area contributed by atoms with E-state index in [-0.39, 0.29) is 12.3 Å². The van der Waals surface area contributed by atoms with Gasteiger partial charge >= 0.3 is 5.97 Å². The van der Waals surface area contributed by atoms with Crippen molar-refractivity contribution in [2.45, 2.75) is 107 Å². The second-order valence-electron chi connectivity index (χ2n) is 13.1. The SMILES string of the molecule is CCCCC1(CCCC)CS(=O)(=O)c2ccc(N(C)C)cc2[C@@H](c2ccc(OCCCCCCSc3nnnn3CC(=O)O)cc2)[C@H]1O. The second kappa shape index (κ2) is 17.5. The summed E-state index contributed by atoms with van der Waals surface area (Å²) in [4.78, 5) is 13.2. The van der Waals surface area contributed by atoms with E-state index in [2.05, 4.69) is 29.4 Å². The molecule has 264 valence electrons. The quantitative estimate of drug-likeness (QED) is 0.109. The number of aromatic nitrogens is 4. The molecule has 48 heavy (non-hydrogen) atoms. The van der Waals surface area contributed by atoms with Crippen LogP contribution in [0.3, 0.4) is 0 Å². The van der Waals surface area contributed by atoms with Crippen LogP contribution < -0.4 is 9.64 Å². The molecule has 2 atom stereocenters. The number of hydrogen-bond donors (Lipinski definition) is 2. The summed E-state index contributed by atoms with van der Waals surface area (Å²) in [5, 5.41) is 33.0. The van der Waals surface area contributed by atoms with Crippen molar-refractivity contribution < 1.29 is 28.2 Å². The maximum absolute atomic E-state index is 14.1. The molecule has 0 amide bonds. The molecule has 0 spiro atoms. The van der Waals surface area contributed by atoms with Gasteiger partial charge in [-0.1, -0.05) is 76.3 Å². The lowest BCUT2D eigenvalue weighted by Crippen LogP contribution is -2.43. The van der Waals surface area contributed by atoms with Crippen LogP contribution in [0.2, 0.25) is 0 Å². The van der Waals surface area contributed by atoms with Crippen LogP contribution in [-0.2, 0) is 21.2 Å². The average Bonchev–Trinajstić information content (AvgIpc) is 3.47. The first-order valence-electron chi connectivity index (χ1n) is 17.1. The number of fused-ring (bicyclic) bond motifs is 1. The van der Waals surface area contributed by atoms with E-state index in [9.17, 15) is 18.3 Å². The summed E-state index contributed by atoms with van der Waals surface area (Å²) in [7, 11) is 0.226. The topological polar surface area (TPSA) is 148 Å². The van der Waals surface area contributed by atoms with Gasteiger partial charge in [-0.2, -0.15) is 0 Å². The summed E-state index contributed by atoms with van der Waals surface area (Å²) < 4.78 is 35.5. The molecule has 1 aromatic heterocycles. The van der Waals surface area contributed by atoms with Crippen LogP contribution in [0, 0.1) is 5.41 Å². The molecule has 0 fully saturated rings. The van der Waals surface area contributed by atoms with E-state index in [0.29, 0.717) is 35.1 Å². The van der Waals surface area contributed by atoms with Crippen LogP contribution in [0.1, 0.15) is 95.1 Å². The van der Waals surface area contributed by atoms with Gasteiger partial charge in [0.1, 0.15) is 12.3 Å². The fourth-order valence-electron chi connectivity index (χ4n) is 6.60. The van der Waals surface area contributed by atoms with E-state index in [1.807, 2.05) is 55.4 Å². The molecule has 2 N–H and O–H groups in total. The Kier molecular flexibility index (Phi) is 13.7. The number of aliphatic hydroxyl groups excluding tert-OH is 1. The Morgan fingerprint density at radius 3 is 2.35 bits per heavy atom. The first-order chi connectivity index (χ1) is 23.0. The van der Waals surface area contributed by atoms with E-state index in [4.69, 9.17) is 9.84 Å². The number of aliphatic carboxylic acids is 1. The minimum atomic E-state index is -3.65. The fraction of sp³-hybridized carbons (Fsp3) is 0.600. The summed E-state index contributed by atoms with van der Waals surface area (Å²) in [6.45, 7) is 4.54. The van der Waals surface area contributed by atoms with Crippen molar-refractivity contribution >= 4 is 33.3 Å². The lowest BCUT2D eigenvalue weighted by molar-refractivity contribution is -0.138. The normalized spacial score (nSPS) is 18.2. The van der Waals surface area contributed by atoms with Crippen molar-refractivity contribution in [2.75, 3.05) is 37.1 Å². The van der Waals surface area contributed by atoms with E-state index < -0.39 is 33.2 Å². The van der Waals surface area contributed by atoms with Crippen LogP contribution in [-0.4, -0.2) is 83.1 Å². The molecule has 0 saturated heterocycles. The van der Waals surface area contributed by atoms with Crippen LogP contribution in [0.4, 0.5) is 5.69 Å². The molecule has 11 nitrogen and oxygen atoms in total. The number of thioether (sulfide) groups is 1. The molecule has 1 aliphatic rings. The highest BCUT2D eigenvalue weighted by Crippen LogP contribution is 2.50. The Labute approximate surface area is 289 Å². The van der Waals surface area contributed by atoms with Crippen molar-refractivity contribution in [2.24, 2.45) is 5.41 Å². The number of sulfone groups is 1. The predicted octanol–water partition coefficient (Wildman–Crippen LogP) is 6.20. The Hall–Kier alpha value is -3.16. The van der Waals surface area contributed by atoms with Gasteiger partial charge in [-0.15, -0.1) is 5.10 Å². The third-order valence-electron chi connectivity index (χ3n) is 9.22. The third-order valence-corrected chi connectivity index (χ3v) is 12.3. The van der Waals surface area contributed by atoms with E-state index in [1.165, 1.54) is 16.4 Å². The number of hydrogen-bond acceptors (Lipinski definition) is 10. The number of carboxylic acid groups (broad SMARTS) is 1.